The molecule has 2 fully saturated rings. The first kappa shape index (κ1) is 14.3. The maximum absolute atomic E-state index is 9.31. The highest BCUT2D eigenvalue weighted by Crippen LogP contribution is 2.31. The van der Waals surface area contributed by atoms with Crippen molar-refractivity contribution in [1.82, 2.24) is 9.80 Å². The minimum atomic E-state index is 0.267. The van der Waals surface area contributed by atoms with Gasteiger partial charge in [0.25, 0.3) is 0 Å². The normalized spacial score (nSPS) is 31.7. The second kappa shape index (κ2) is 5.89. The third kappa shape index (κ3) is 3.06. The van der Waals surface area contributed by atoms with Crippen LogP contribution in [0.4, 0.5) is 0 Å². The van der Waals surface area contributed by atoms with Gasteiger partial charge in [-0.15, -0.1) is 0 Å². The predicted molar refractivity (Wildman–Crippen MR) is 75.8 cm³/mol. The number of likely N-dealkylation sites (N-methyl/N-ethyl adjacent to an activating group) is 1. The molecule has 18 heavy (non-hydrogen) atoms. The molecule has 1 aliphatic carbocycles. The number of hydrogen-bond acceptors (Lipinski definition) is 3. The van der Waals surface area contributed by atoms with Crippen molar-refractivity contribution >= 4 is 0 Å². The average Bonchev–Trinajstić information content (AvgIpc) is 2.35. The van der Waals surface area contributed by atoms with E-state index in [0.29, 0.717) is 12.6 Å². The van der Waals surface area contributed by atoms with Crippen molar-refractivity contribution < 1.29 is 5.11 Å². The van der Waals surface area contributed by atoms with Crippen molar-refractivity contribution in [3.05, 3.63) is 0 Å². The van der Waals surface area contributed by atoms with Gasteiger partial charge in [0.2, 0.25) is 0 Å². The molecule has 1 saturated carbocycles. The molecule has 1 atom stereocenters. The van der Waals surface area contributed by atoms with Crippen molar-refractivity contribution in [1.29, 1.82) is 0 Å². The van der Waals surface area contributed by atoms with Crippen LogP contribution in [0.1, 0.15) is 52.4 Å². The first-order valence-corrected chi connectivity index (χ1v) is 7.62. The third-order valence-electron chi connectivity index (χ3n) is 5.06. The van der Waals surface area contributed by atoms with Crippen LogP contribution < -0.4 is 0 Å². The van der Waals surface area contributed by atoms with E-state index in [1.54, 1.807) is 0 Å². The molecule has 106 valence electrons. The zero-order chi connectivity index (χ0) is 13.2. The lowest BCUT2D eigenvalue weighted by molar-refractivity contribution is -0.0392. The molecule has 0 amide bonds. The Hall–Kier alpha value is -0.120. The van der Waals surface area contributed by atoms with Gasteiger partial charge in [0.15, 0.2) is 0 Å². The summed E-state index contributed by atoms with van der Waals surface area (Å²) < 4.78 is 0. The average molecular weight is 254 g/mol. The van der Waals surface area contributed by atoms with Crippen LogP contribution in [0.3, 0.4) is 0 Å². The largest absolute Gasteiger partial charge is 0.396 e. The van der Waals surface area contributed by atoms with Gasteiger partial charge in [-0.05, 0) is 40.2 Å². The Morgan fingerprint density at radius 3 is 2.44 bits per heavy atom. The molecule has 0 aromatic rings. The fraction of sp³-hybridized carbons (Fsp3) is 1.00. The predicted octanol–water partition coefficient (Wildman–Crippen LogP) is 2.10. The number of hydrogen-bond donors (Lipinski definition) is 1. The van der Waals surface area contributed by atoms with Gasteiger partial charge in [-0.1, -0.05) is 19.3 Å². The van der Waals surface area contributed by atoms with Gasteiger partial charge in [0, 0.05) is 37.3 Å². The molecule has 1 heterocycles. The van der Waals surface area contributed by atoms with E-state index in [9.17, 15) is 5.11 Å². The van der Waals surface area contributed by atoms with E-state index in [4.69, 9.17) is 0 Å². The number of piperazine rings is 1. The van der Waals surface area contributed by atoms with Crippen LogP contribution >= 0.6 is 0 Å². The molecular weight excluding hydrogens is 224 g/mol. The van der Waals surface area contributed by atoms with Gasteiger partial charge in [-0.25, -0.2) is 0 Å². The molecule has 0 radical (unpaired) electrons. The zero-order valence-electron chi connectivity index (χ0n) is 12.4. The molecule has 0 spiro atoms. The van der Waals surface area contributed by atoms with Crippen LogP contribution in [-0.2, 0) is 0 Å². The number of aliphatic hydroxyl groups excluding tert-OH is 1. The Morgan fingerprint density at radius 2 is 1.83 bits per heavy atom. The van der Waals surface area contributed by atoms with E-state index in [-0.39, 0.29) is 5.54 Å². The van der Waals surface area contributed by atoms with E-state index < -0.39 is 0 Å². The highest BCUT2D eigenvalue weighted by Gasteiger charge is 2.39. The molecule has 1 N–H and O–H groups in total. The van der Waals surface area contributed by atoms with Gasteiger partial charge in [-0.3, -0.25) is 9.80 Å². The first-order valence-electron chi connectivity index (χ1n) is 7.62. The Labute approximate surface area is 112 Å². The molecule has 3 heteroatoms. The molecule has 2 rings (SSSR count). The van der Waals surface area contributed by atoms with E-state index in [0.717, 1.165) is 25.6 Å². The quantitative estimate of drug-likeness (QED) is 0.835. The SMILES string of the molecule is CN1CC(CCO)N(C2CCCCC2)CC1(C)C. The van der Waals surface area contributed by atoms with Gasteiger partial charge in [-0.2, -0.15) is 0 Å². The fourth-order valence-corrected chi connectivity index (χ4v) is 3.61. The highest BCUT2D eigenvalue weighted by atomic mass is 16.3. The number of aliphatic hydroxyl groups is 1. The molecule has 0 aromatic heterocycles. The van der Waals surface area contributed by atoms with Crippen molar-refractivity contribution in [3.63, 3.8) is 0 Å². The minimum Gasteiger partial charge on any atom is -0.396 e. The lowest BCUT2D eigenvalue weighted by atomic mass is 9.88. The summed E-state index contributed by atoms with van der Waals surface area (Å²) in [4.78, 5) is 5.18. The fourth-order valence-electron chi connectivity index (χ4n) is 3.61. The maximum atomic E-state index is 9.31. The van der Waals surface area contributed by atoms with Crippen LogP contribution in [0.15, 0.2) is 0 Å². The van der Waals surface area contributed by atoms with Gasteiger partial charge >= 0.3 is 0 Å². The van der Waals surface area contributed by atoms with Gasteiger partial charge < -0.3 is 5.11 Å². The summed E-state index contributed by atoms with van der Waals surface area (Å²) in [5, 5.41) is 9.31. The van der Waals surface area contributed by atoms with E-state index in [1.807, 2.05) is 0 Å². The van der Waals surface area contributed by atoms with E-state index in [2.05, 4.69) is 30.7 Å². The van der Waals surface area contributed by atoms with E-state index >= 15 is 0 Å². The Kier molecular flexibility index (Phi) is 4.68. The second-order valence-corrected chi connectivity index (χ2v) is 6.82. The molecule has 1 aliphatic heterocycles. The monoisotopic (exact) mass is 254 g/mol. The zero-order valence-corrected chi connectivity index (χ0v) is 12.4. The Morgan fingerprint density at radius 1 is 1.17 bits per heavy atom. The number of rotatable bonds is 3. The highest BCUT2D eigenvalue weighted by molar-refractivity contribution is 4.96. The molecule has 0 aromatic carbocycles. The van der Waals surface area contributed by atoms with Crippen molar-refractivity contribution in [2.45, 2.75) is 70.0 Å². The summed E-state index contributed by atoms with van der Waals surface area (Å²) in [6.07, 6.45) is 7.85. The summed E-state index contributed by atoms with van der Waals surface area (Å²) in [5.41, 5.74) is 0.267. The molecule has 1 unspecified atom stereocenters. The molecular formula is C15H30N2O. The topological polar surface area (TPSA) is 26.7 Å². The summed E-state index contributed by atoms with van der Waals surface area (Å²) in [6.45, 7) is 7.26. The molecule has 2 aliphatic rings. The second-order valence-electron chi connectivity index (χ2n) is 6.82. The number of nitrogens with zero attached hydrogens (tertiary/aromatic N) is 2. The Balaban J connectivity index is 2.07. The van der Waals surface area contributed by atoms with Crippen molar-refractivity contribution in [3.8, 4) is 0 Å². The summed E-state index contributed by atoms with van der Waals surface area (Å²) in [7, 11) is 2.22. The van der Waals surface area contributed by atoms with Crippen molar-refractivity contribution in [2.24, 2.45) is 0 Å². The lowest BCUT2D eigenvalue weighted by Gasteiger charge is -2.53. The maximum Gasteiger partial charge on any atom is 0.0446 e. The first-order chi connectivity index (χ1) is 8.54. The van der Waals surface area contributed by atoms with Gasteiger partial charge in [0.1, 0.15) is 0 Å². The summed E-state index contributed by atoms with van der Waals surface area (Å²) in [6, 6.07) is 1.32. The molecule has 3 nitrogen and oxygen atoms in total. The third-order valence-corrected chi connectivity index (χ3v) is 5.06. The van der Waals surface area contributed by atoms with Gasteiger partial charge in [0.05, 0.1) is 0 Å². The molecule has 0 bridgehead atoms. The smallest absolute Gasteiger partial charge is 0.0446 e. The molecule has 1 saturated heterocycles. The minimum absolute atomic E-state index is 0.267. The van der Waals surface area contributed by atoms with Crippen molar-refractivity contribution in [2.75, 3.05) is 26.7 Å². The van der Waals surface area contributed by atoms with Crippen LogP contribution in [0, 0.1) is 0 Å². The van der Waals surface area contributed by atoms with E-state index in [1.165, 1.54) is 32.1 Å². The standard InChI is InChI=1S/C15H30N2O/c1-15(2)12-17(13-7-5-4-6-8-13)14(9-10-18)11-16(15)3/h13-14,18H,4-12H2,1-3H3. The van der Waals surface area contributed by atoms with Crippen LogP contribution in [0.2, 0.25) is 0 Å². The summed E-state index contributed by atoms with van der Waals surface area (Å²) >= 11 is 0. The van der Waals surface area contributed by atoms with Crippen LogP contribution in [0.25, 0.3) is 0 Å². The van der Waals surface area contributed by atoms with Crippen LogP contribution in [0.5, 0.6) is 0 Å². The summed E-state index contributed by atoms with van der Waals surface area (Å²) in [5.74, 6) is 0. The lowest BCUT2D eigenvalue weighted by Crippen LogP contribution is -2.64. The Bertz CT molecular complexity index is 261. The van der Waals surface area contributed by atoms with Crippen LogP contribution in [-0.4, -0.2) is 59.3 Å².